The summed E-state index contributed by atoms with van der Waals surface area (Å²) in [5, 5.41) is 4.49. The largest absolute Gasteiger partial charge is 0.339 e. The first-order valence-electron chi connectivity index (χ1n) is 9.25. The summed E-state index contributed by atoms with van der Waals surface area (Å²) in [5.74, 6) is 0.0576. The SMILES string of the molecule is Cc1nn(C)c(C)c1CN1CCN(C(=O)C(N)Cc2ccccc2)CC1. The first kappa shape index (κ1) is 18.6. The van der Waals surface area contributed by atoms with Crippen molar-refractivity contribution in [1.29, 1.82) is 0 Å². The second-order valence-electron chi connectivity index (χ2n) is 7.17. The van der Waals surface area contributed by atoms with E-state index in [1.54, 1.807) is 0 Å². The molecule has 6 nitrogen and oxygen atoms in total. The summed E-state index contributed by atoms with van der Waals surface area (Å²) in [6.07, 6.45) is 0.591. The Hall–Kier alpha value is -2.18. The molecule has 1 saturated heterocycles. The number of nitrogens with two attached hydrogens (primary N) is 1. The molecule has 1 aliphatic heterocycles. The summed E-state index contributed by atoms with van der Waals surface area (Å²) in [6, 6.07) is 9.50. The minimum atomic E-state index is -0.466. The highest BCUT2D eigenvalue weighted by atomic mass is 16.2. The molecule has 0 bridgehead atoms. The van der Waals surface area contributed by atoms with E-state index >= 15 is 0 Å². The average molecular weight is 355 g/mol. The Morgan fingerprint density at radius 1 is 1.15 bits per heavy atom. The Labute approximate surface area is 155 Å². The maximum Gasteiger partial charge on any atom is 0.239 e. The number of hydrogen-bond acceptors (Lipinski definition) is 4. The number of rotatable bonds is 5. The van der Waals surface area contributed by atoms with Gasteiger partial charge in [0.05, 0.1) is 11.7 Å². The number of amides is 1. The summed E-state index contributed by atoms with van der Waals surface area (Å²) in [6.45, 7) is 8.28. The van der Waals surface area contributed by atoms with E-state index in [0.29, 0.717) is 6.42 Å². The maximum absolute atomic E-state index is 12.6. The summed E-state index contributed by atoms with van der Waals surface area (Å²) in [4.78, 5) is 17.0. The molecule has 0 radical (unpaired) electrons. The standard InChI is InChI=1S/C20H29N5O/c1-15-18(16(2)23(3)22-15)14-24-9-11-25(12-10-24)20(26)19(21)13-17-7-5-4-6-8-17/h4-8,19H,9-14,21H2,1-3H3. The van der Waals surface area contributed by atoms with Gasteiger partial charge in [0.15, 0.2) is 0 Å². The number of aromatic nitrogens is 2. The number of carbonyl (C=O) groups is 1. The average Bonchev–Trinajstić information content (AvgIpc) is 2.88. The number of aryl methyl sites for hydroxylation is 2. The Morgan fingerprint density at radius 2 is 1.81 bits per heavy atom. The topological polar surface area (TPSA) is 67.4 Å². The van der Waals surface area contributed by atoms with Crippen molar-refractivity contribution in [2.45, 2.75) is 32.9 Å². The fourth-order valence-corrected chi connectivity index (χ4v) is 3.59. The van der Waals surface area contributed by atoms with Gasteiger partial charge >= 0.3 is 0 Å². The highest BCUT2D eigenvalue weighted by Crippen LogP contribution is 2.16. The van der Waals surface area contributed by atoms with E-state index in [9.17, 15) is 4.79 Å². The number of carbonyl (C=O) groups excluding carboxylic acids is 1. The van der Waals surface area contributed by atoms with Gasteiger partial charge in [0.2, 0.25) is 5.91 Å². The van der Waals surface area contributed by atoms with Gasteiger partial charge in [0.25, 0.3) is 0 Å². The zero-order chi connectivity index (χ0) is 18.7. The van der Waals surface area contributed by atoms with Crippen LogP contribution in [0.1, 0.15) is 22.5 Å². The lowest BCUT2D eigenvalue weighted by Crippen LogP contribution is -2.53. The summed E-state index contributed by atoms with van der Waals surface area (Å²) < 4.78 is 1.94. The molecule has 0 saturated carbocycles. The lowest BCUT2D eigenvalue weighted by atomic mass is 10.1. The van der Waals surface area contributed by atoms with Crippen LogP contribution in [-0.2, 0) is 24.8 Å². The molecule has 1 aromatic carbocycles. The number of hydrogen-bond donors (Lipinski definition) is 1. The molecule has 0 spiro atoms. The van der Waals surface area contributed by atoms with Gasteiger partial charge in [-0.25, -0.2) is 0 Å². The third kappa shape index (κ3) is 4.14. The van der Waals surface area contributed by atoms with Crippen molar-refractivity contribution < 1.29 is 4.79 Å². The van der Waals surface area contributed by atoms with Crippen LogP contribution < -0.4 is 5.73 Å². The molecule has 0 aliphatic carbocycles. The zero-order valence-corrected chi connectivity index (χ0v) is 16.0. The van der Waals surface area contributed by atoms with Gasteiger partial charge in [-0.2, -0.15) is 5.10 Å². The van der Waals surface area contributed by atoms with Crippen LogP contribution >= 0.6 is 0 Å². The monoisotopic (exact) mass is 355 g/mol. The first-order valence-corrected chi connectivity index (χ1v) is 9.25. The van der Waals surface area contributed by atoms with E-state index in [0.717, 1.165) is 44.0 Å². The van der Waals surface area contributed by atoms with Crippen LogP contribution in [0.3, 0.4) is 0 Å². The van der Waals surface area contributed by atoms with Gasteiger partial charge in [-0.15, -0.1) is 0 Å². The van der Waals surface area contributed by atoms with Crippen LogP contribution in [0.2, 0.25) is 0 Å². The van der Waals surface area contributed by atoms with Gasteiger partial charge in [-0.05, 0) is 25.8 Å². The first-order chi connectivity index (χ1) is 12.5. The van der Waals surface area contributed by atoms with Crippen molar-refractivity contribution in [2.24, 2.45) is 12.8 Å². The van der Waals surface area contributed by atoms with Gasteiger partial charge in [-0.1, -0.05) is 30.3 Å². The van der Waals surface area contributed by atoms with Crippen LogP contribution in [0, 0.1) is 13.8 Å². The van der Waals surface area contributed by atoms with Crippen molar-refractivity contribution in [1.82, 2.24) is 19.6 Å². The summed E-state index contributed by atoms with van der Waals surface area (Å²) >= 11 is 0. The number of nitrogens with zero attached hydrogens (tertiary/aromatic N) is 4. The molecule has 2 heterocycles. The highest BCUT2D eigenvalue weighted by Gasteiger charge is 2.26. The smallest absolute Gasteiger partial charge is 0.239 e. The van der Waals surface area contributed by atoms with Gasteiger partial charge in [0.1, 0.15) is 0 Å². The number of benzene rings is 1. The second-order valence-corrected chi connectivity index (χ2v) is 7.17. The molecule has 2 aromatic rings. The Morgan fingerprint density at radius 3 is 2.38 bits per heavy atom. The van der Waals surface area contributed by atoms with Crippen LogP contribution in [0.25, 0.3) is 0 Å². The molecule has 1 atom stereocenters. The quantitative estimate of drug-likeness (QED) is 0.877. The fourth-order valence-electron chi connectivity index (χ4n) is 3.59. The van der Waals surface area contributed by atoms with Crippen LogP contribution in [-0.4, -0.2) is 57.7 Å². The lowest BCUT2D eigenvalue weighted by Gasteiger charge is -2.36. The molecule has 1 amide bonds. The van der Waals surface area contributed by atoms with E-state index in [1.165, 1.54) is 11.3 Å². The molecule has 1 fully saturated rings. The predicted octanol–water partition coefficient (Wildman–Crippen LogP) is 1.25. The van der Waals surface area contributed by atoms with E-state index in [1.807, 2.05) is 47.0 Å². The molecule has 1 aromatic heterocycles. The van der Waals surface area contributed by atoms with Gasteiger partial charge in [0, 0.05) is 51.0 Å². The second kappa shape index (κ2) is 8.01. The van der Waals surface area contributed by atoms with Crippen LogP contribution in [0.5, 0.6) is 0 Å². The lowest BCUT2D eigenvalue weighted by molar-refractivity contribution is -0.134. The van der Waals surface area contributed by atoms with Gasteiger partial charge in [-0.3, -0.25) is 14.4 Å². The van der Waals surface area contributed by atoms with E-state index in [-0.39, 0.29) is 5.91 Å². The molecular formula is C20H29N5O. The van der Waals surface area contributed by atoms with E-state index < -0.39 is 6.04 Å². The molecule has 140 valence electrons. The van der Waals surface area contributed by atoms with Crippen molar-refractivity contribution in [2.75, 3.05) is 26.2 Å². The van der Waals surface area contributed by atoms with Crippen LogP contribution in [0.4, 0.5) is 0 Å². The predicted molar refractivity (Wildman–Crippen MR) is 103 cm³/mol. The van der Waals surface area contributed by atoms with Crippen LogP contribution in [0.15, 0.2) is 30.3 Å². The van der Waals surface area contributed by atoms with Crippen molar-refractivity contribution >= 4 is 5.91 Å². The molecule has 6 heteroatoms. The highest BCUT2D eigenvalue weighted by molar-refractivity contribution is 5.82. The molecular weight excluding hydrogens is 326 g/mol. The van der Waals surface area contributed by atoms with Gasteiger partial charge < -0.3 is 10.6 Å². The third-order valence-electron chi connectivity index (χ3n) is 5.34. The van der Waals surface area contributed by atoms with E-state index in [4.69, 9.17) is 5.73 Å². The summed E-state index contributed by atoms with van der Waals surface area (Å²) in [5.41, 5.74) is 10.9. The minimum absolute atomic E-state index is 0.0576. The normalized spacial score (nSPS) is 16.7. The molecule has 1 unspecified atom stereocenters. The minimum Gasteiger partial charge on any atom is -0.339 e. The Balaban J connectivity index is 1.52. The molecule has 2 N–H and O–H groups in total. The summed E-state index contributed by atoms with van der Waals surface area (Å²) in [7, 11) is 1.98. The fraction of sp³-hybridized carbons (Fsp3) is 0.500. The third-order valence-corrected chi connectivity index (χ3v) is 5.34. The zero-order valence-electron chi connectivity index (χ0n) is 16.0. The van der Waals surface area contributed by atoms with Crippen molar-refractivity contribution in [3.8, 4) is 0 Å². The van der Waals surface area contributed by atoms with Crippen molar-refractivity contribution in [3.05, 3.63) is 52.8 Å². The Bertz CT molecular complexity index is 747. The maximum atomic E-state index is 12.6. The van der Waals surface area contributed by atoms with E-state index in [2.05, 4.69) is 23.8 Å². The number of piperazine rings is 1. The molecule has 1 aliphatic rings. The molecule has 26 heavy (non-hydrogen) atoms. The van der Waals surface area contributed by atoms with Crippen molar-refractivity contribution in [3.63, 3.8) is 0 Å². The molecule has 3 rings (SSSR count). The Kier molecular flexibility index (Phi) is 5.74.